The normalized spacial score (nSPS) is 22.0. The molecule has 0 aromatic carbocycles. The van der Waals surface area contributed by atoms with E-state index in [9.17, 15) is 30.0 Å². The van der Waals surface area contributed by atoms with Crippen LogP contribution in [-0.2, 0) is 28.6 Å². The molecule has 0 fully saturated rings. The molecule has 0 saturated carbocycles. The van der Waals surface area contributed by atoms with E-state index in [1.165, 1.54) is 34.1 Å². The Morgan fingerprint density at radius 1 is 0.829 bits per heavy atom. The van der Waals surface area contributed by atoms with Crippen LogP contribution in [-0.4, -0.2) is 87.1 Å². The van der Waals surface area contributed by atoms with Crippen LogP contribution in [0.4, 0.5) is 13.2 Å². The summed E-state index contributed by atoms with van der Waals surface area (Å²) in [6.07, 6.45) is 8.50. The molecule has 0 aliphatic carbocycles. The van der Waals surface area contributed by atoms with Crippen molar-refractivity contribution in [2.45, 2.75) is 75.8 Å². The number of alkyl halides is 3. The number of rotatable bonds is 14. The summed E-state index contributed by atoms with van der Waals surface area (Å²) in [4.78, 5) is 5.73. The number of likely N-dealkylation sites (N-methyl/N-ethyl adjacent to an activating group) is 1. The van der Waals surface area contributed by atoms with Crippen LogP contribution < -0.4 is 0 Å². The van der Waals surface area contributed by atoms with Gasteiger partial charge < -0.3 is 19.6 Å². The topological polar surface area (TPSA) is 99.7 Å². The van der Waals surface area contributed by atoms with Gasteiger partial charge in [-0.25, -0.2) is 8.37 Å². The van der Waals surface area contributed by atoms with Gasteiger partial charge in [0.25, 0.3) is 0 Å². The molecule has 0 bridgehead atoms. The Morgan fingerprint density at radius 3 is 2.00 bits per heavy atom. The molecule has 0 saturated heterocycles. The highest BCUT2D eigenvalue weighted by Crippen LogP contribution is 2.33. The average molecular weight is 549 g/mol. The first-order valence-corrected chi connectivity index (χ1v) is 14.4. The van der Waals surface area contributed by atoms with Crippen LogP contribution in [0.25, 0.3) is 0 Å². The van der Waals surface area contributed by atoms with Crippen LogP contribution in [0.2, 0.25) is 0 Å². The average Bonchev–Trinajstić information content (AvgIpc) is 3.29. The first kappa shape index (κ1) is 29.5. The van der Waals surface area contributed by atoms with Crippen LogP contribution in [0.1, 0.15) is 52.4 Å². The summed E-state index contributed by atoms with van der Waals surface area (Å²) in [5, 5.41) is 0. The predicted molar refractivity (Wildman–Crippen MR) is 124 cm³/mol. The van der Waals surface area contributed by atoms with Gasteiger partial charge in [0, 0.05) is 52.0 Å². The van der Waals surface area contributed by atoms with Crippen molar-refractivity contribution < 1.29 is 38.4 Å². The lowest BCUT2D eigenvalue weighted by Gasteiger charge is -2.37. The minimum Gasteiger partial charge on any atom is -0.356 e. The van der Waals surface area contributed by atoms with Crippen molar-refractivity contribution in [1.82, 2.24) is 19.6 Å². The van der Waals surface area contributed by atoms with Gasteiger partial charge in [0.05, 0.1) is 0 Å². The molecule has 2 aliphatic rings. The molecule has 15 heteroatoms. The minimum absolute atomic E-state index is 0.276. The van der Waals surface area contributed by atoms with Crippen molar-refractivity contribution in [2.75, 3.05) is 27.2 Å². The highest BCUT2D eigenvalue weighted by atomic mass is 32.2. The molecule has 2 aliphatic heterocycles. The summed E-state index contributed by atoms with van der Waals surface area (Å²) < 4.78 is 99.8. The number of unbranched alkanes of at least 4 members (excludes halogenated alkanes) is 4. The molecule has 2 heterocycles. The smallest absolute Gasteiger partial charge is 0.356 e. The molecule has 0 amide bonds. The molecule has 10 nitrogen and oxygen atoms in total. The zero-order valence-electron chi connectivity index (χ0n) is 20.4. The Kier molecular flexibility index (Phi) is 10.1. The van der Waals surface area contributed by atoms with Gasteiger partial charge in [0.2, 0.25) is 11.8 Å². The van der Waals surface area contributed by atoms with Crippen LogP contribution in [0, 0.1) is 0 Å². The Bertz CT molecular complexity index is 958. The fourth-order valence-corrected chi connectivity index (χ4v) is 6.09. The van der Waals surface area contributed by atoms with E-state index in [4.69, 9.17) is 4.18 Å². The number of halogens is 3. The predicted octanol–water partition coefficient (Wildman–Crippen LogP) is 2.95. The van der Waals surface area contributed by atoms with Gasteiger partial charge in [-0.1, -0.05) is 39.5 Å². The molecule has 2 rings (SSSR count). The summed E-state index contributed by atoms with van der Waals surface area (Å²) in [5.74, 6) is 0. The maximum absolute atomic E-state index is 13.4. The molecule has 0 aromatic rings. The van der Waals surface area contributed by atoms with Gasteiger partial charge >= 0.3 is 25.7 Å². The Balaban J connectivity index is 2.35. The van der Waals surface area contributed by atoms with Crippen molar-refractivity contribution in [3.8, 4) is 0 Å². The lowest BCUT2D eigenvalue weighted by molar-refractivity contribution is -0.0602. The Morgan fingerprint density at radius 2 is 1.40 bits per heavy atom. The zero-order valence-corrected chi connectivity index (χ0v) is 22.0. The van der Waals surface area contributed by atoms with Gasteiger partial charge in [-0.3, -0.25) is 0 Å². The van der Waals surface area contributed by atoms with Gasteiger partial charge in [-0.15, -0.1) is 0 Å². The highest BCUT2D eigenvalue weighted by Gasteiger charge is 2.54. The third-order valence-electron chi connectivity index (χ3n) is 5.67. The SMILES string of the molecule is CCCCCCN1C=CN(C)C1OS(=O)(=O)C(OS(=O)(=O)C(F)(F)F)C1N(C)C=CN1CCCC. The number of hydrogen-bond donors (Lipinski definition) is 0. The molecular formula is C20H35F3N4O6S2. The molecule has 3 unspecified atom stereocenters. The molecular weight excluding hydrogens is 513 g/mol. The van der Waals surface area contributed by atoms with E-state index < -0.39 is 43.7 Å². The summed E-state index contributed by atoms with van der Waals surface area (Å²) in [5.41, 5.74) is -8.31. The second-order valence-electron chi connectivity index (χ2n) is 8.51. The number of nitrogens with zero attached hydrogens (tertiary/aromatic N) is 4. The zero-order chi connectivity index (χ0) is 26.4. The fourth-order valence-electron chi connectivity index (χ4n) is 3.70. The van der Waals surface area contributed by atoms with E-state index in [-0.39, 0.29) is 6.54 Å². The molecule has 204 valence electrons. The summed E-state index contributed by atoms with van der Waals surface area (Å²) in [6.45, 7) is 4.66. The molecule has 0 radical (unpaired) electrons. The monoisotopic (exact) mass is 548 g/mol. The minimum atomic E-state index is -6.25. The van der Waals surface area contributed by atoms with E-state index in [1.807, 2.05) is 6.92 Å². The maximum atomic E-state index is 13.4. The molecule has 0 spiro atoms. The van der Waals surface area contributed by atoms with Gasteiger partial charge in [0.15, 0.2) is 0 Å². The Labute approximate surface area is 206 Å². The van der Waals surface area contributed by atoms with Gasteiger partial charge in [0.1, 0.15) is 6.17 Å². The fraction of sp³-hybridized carbons (Fsp3) is 0.800. The van der Waals surface area contributed by atoms with E-state index in [0.717, 1.165) is 32.1 Å². The summed E-state index contributed by atoms with van der Waals surface area (Å²) in [6, 6.07) is 0. The third kappa shape index (κ3) is 7.40. The summed E-state index contributed by atoms with van der Waals surface area (Å²) in [7, 11) is -8.31. The first-order valence-electron chi connectivity index (χ1n) is 11.5. The van der Waals surface area contributed by atoms with E-state index >= 15 is 0 Å². The van der Waals surface area contributed by atoms with Crippen molar-refractivity contribution in [1.29, 1.82) is 0 Å². The van der Waals surface area contributed by atoms with E-state index in [0.29, 0.717) is 13.0 Å². The maximum Gasteiger partial charge on any atom is 0.523 e. The third-order valence-corrected chi connectivity index (χ3v) is 8.17. The van der Waals surface area contributed by atoms with Crippen LogP contribution in [0.5, 0.6) is 0 Å². The first-order chi connectivity index (χ1) is 16.2. The van der Waals surface area contributed by atoms with Crippen molar-refractivity contribution in [3.63, 3.8) is 0 Å². The Hall–Kier alpha value is -1.71. The second-order valence-corrected chi connectivity index (χ2v) is 11.7. The molecule has 3 atom stereocenters. The van der Waals surface area contributed by atoms with Crippen LogP contribution in [0.15, 0.2) is 24.8 Å². The molecule has 0 N–H and O–H groups in total. The van der Waals surface area contributed by atoms with Gasteiger partial charge in [-0.2, -0.15) is 30.0 Å². The van der Waals surface area contributed by atoms with Crippen LogP contribution >= 0.6 is 0 Å². The van der Waals surface area contributed by atoms with Crippen molar-refractivity contribution >= 4 is 20.2 Å². The van der Waals surface area contributed by atoms with Crippen LogP contribution in [0.3, 0.4) is 0 Å². The lowest BCUT2D eigenvalue weighted by Crippen LogP contribution is -2.54. The van der Waals surface area contributed by atoms with Crippen molar-refractivity contribution in [2.24, 2.45) is 0 Å². The summed E-state index contributed by atoms with van der Waals surface area (Å²) >= 11 is 0. The highest BCUT2D eigenvalue weighted by molar-refractivity contribution is 7.90. The standard InChI is InChI=1S/C20H35F3N4O6S2/c1-5-7-9-10-12-27-16-14-25(4)19(27)33-34(28,29)18(32-35(30,31)20(21,22)23)17-24(3)13-15-26(17)11-8-6-2/h13-19H,5-12H2,1-4H3. The largest absolute Gasteiger partial charge is 0.523 e. The molecule has 35 heavy (non-hydrogen) atoms. The lowest BCUT2D eigenvalue weighted by atomic mass is 10.2. The molecule has 0 aromatic heterocycles. The number of hydrogen-bond acceptors (Lipinski definition) is 10. The van der Waals surface area contributed by atoms with Crippen molar-refractivity contribution in [3.05, 3.63) is 24.8 Å². The second kappa shape index (κ2) is 12.0. The quantitative estimate of drug-likeness (QED) is 0.183. The van der Waals surface area contributed by atoms with E-state index in [2.05, 4.69) is 11.1 Å². The van der Waals surface area contributed by atoms with Gasteiger partial charge in [-0.05, 0) is 12.8 Å². The van der Waals surface area contributed by atoms with E-state index in [1.54, 1.807) is 24.3 Å².